The molecule has 1 amide bonds. The smallest absolute Gasteiger partial charge is 0.231 e. The first-order valence-corrected chi connectivity index (χ1v) is 13.0. The van der Waals surface area contributed by atoms with Gasteiger partial charge in [0, 0.05) is 13.0 Å². The van der Waals surface area contributed by atoms with Gasteiger partial charge in [-0.15, -0.1) is 0 Å². The first-order chi connectivity index (χ1) is 17.6. The Kier molecular flexibility index (Phi) is 14.5. The van der Waals surface area contributed by atoms with Gasteiger partial charge in [-0.3, -0.25) is 10.1 Å². The van der Waals surface area contributed by atoms with Crippen molar-refractivity contribution in [3.05, 3.63) is 87.1 Å². The van der Waals surface area contributed by atoms with Crippen molar-refractivity contribution in [3.63, 3.8) is 0 Å². The number of aromatic nitrogens is 4. The number of allylic oxidation sites excluding steroid dienone is 10. The fourth-order valence-corrected chi connectivity index (χ4v) is 3.34. The molecule has 2 aromatic heterocycles. The van der Waals surface area contributed by atoms with Crippen LogP contribution in [0.15, 0.2) is 73.3 Å². The van der Waals surface area contributed by atoms with E-state index in [0.717, 1.165) is 57.9 Å². The summed E-state index contributed by atoms with van der Waals surface area (Å²) >= 11 is 0. The Hall–Kier alpha value is -3.28. The van der Waals surface area contributed by atoms with Gasteiger partial charge in [-0.1, -0.05) is 81.5 Å². The van der Waals surface area contributed by atoms with Crippen LogP contribution in [-0.2, 0) is 11.3 Å². The molecule has 2 rings (SSSR count). The number of unbranched alkanes of at least 4 members (excludes halogenated alkanes) is 1. The predicted molar refractivity (Wildman–Crippen MR) is 151 cm³/mol. The number of nitrogens with one attached hydrogen (secondary N) is 1. The van der Waals surface area contributed by atoms with Crippen molar-refractivity contribution >= 4 is 23.0 Å². The first kappa shape index (κ1) is 29.0. The van der Waals surface area contributed by atoms with Crippen LogP contribution in [0.5, 0.6) is 0 Å². The summed E-state index contributed by atoms with van der Waals surface area (Å²) in [4.78, 5) is 25.2. The van der Waals surface area contributed by atoms with Gasteiger partial charge in [0.25, 0.3) is 0 Å². The number of carbonyl (C=O) groups is 1. The van der Waals surface area contributed by atoms with E-state index in [1.165, 1.54) is 0 Å². The second-order valence-corrected chi connectivity index (χ2v) is 8.64. The lowest BCUT2D eigenvalue weighted by atomic mass is 10.1. The van der Waals surface area contributed by atoms with Crippen molar-refractivity contribution < 1.29 is 4.79 Å². The summed E-state index contributed by atoms with van der Waals surface area (Å²) in [5, 5.41) is 2.79. The zero-order valence-corrected chi connectivity index (χ0v) is 21.7. The minimum atomic E-state index is -0.0802. The van der Waals surface area contributed by atoms with E-state index in [2.05, 4.69) is 102 Å². The van der Waals surface area contributed by atoms with E-state index in [-0.39, 0.29) is 11.8 Å². The normalized spacial score (nSPS) is 12.7. The van der Waals surface area contributed by atoms with Gasteiger partial charge in [-0.05, 0) is 57.3 Å². The van der Waals surface area contributed by atoms with Crippen molar-refractivity contribution in [1.29, 1.82) is 0 Å². The molecule has 36 heavy (non-hydrogen) atoms. The molecule has 0 bridgehead atoms. The molecule has 0 aliphatic carbocycles. The zero-order valence-electron chi connectivity index (χ0n) is 21.7. The molecule has 0 fully saturated rings. The fourth-order valence-electron chi connectivity index (χ4n) is 3.34. The average molecular weight is 488 g/mol. The van der Waals surface area contributed by atoms with E-state index in [0.29, 0.717) is 23.5 Å². The third kappa shape index (κ3) is 12.4. The number of rotatable bonds is 17. The van der Waals surface area contributed by atoms with Crippen LogP contribution in [0, 0.1) is 19.8 Å². The molecular weight excluding hydrogens is 446 g/mol. The lowest BCUT2D eigenvalue weighted by molar-refractivity contribution is -0.116. The molecule has 0 unspecified atom stereocenters. The molecule has 6 nitrogen and oxygen atoms in total. The zero-order chi connectivity index (χ0) is 25.8. The topological polar surface area (TPSA) is 72.7 Å². The molecule has 0 saturated heterocycles. The van der Waals surface area contributed by atoms with Crippen LogP contribution >= 0.6 is 0 Å². The van der Waals surface area contributed by atoms with Crippen molar-refractivity contribution in [2.24, 2.45) is 5.92 Å². The highest BCUT2D eigenvalue weighted by atomic mass is 16.1. The quantitative estimate of drug-likeness (QED) is 0.187. The number of aryl methyl sites for hydroxylation is 1. The summed E-state index contributed by atoms with van der Waals surface area (Å²) < 4.78 is 1.94. The average Bonchev–Trinajstić information content (AvgIpc) is 3.27. The standard InChI is InChI=1S/C30H41N5O/c1-4-5-6-7-8-9-10-11-12-13-14-15-16-17-18-19-20-21-28(36)33-30-31-24-27-29(34-30)35(25-32-27)23-22-26(2)3/h5-6,8-9,11-12,14-15,17-18,24-26H,2-4,7,10,13,16,19-23H2,1H3,(H,31,33,34,36)/b6-5-,9-8-,12-11-,15-14-,18-17-. The number of hydrogen-bond acceptors (Lipinski definition) is 4. The van der Waals surface area contributed by atoms with E-state index in [9.17, 15) is 4.79 Å². The molecule has 2 aromatic rings. The van der Waals surface area contributed by atoms with Crippen LogP contribution in [0.3, 0.4) is 0 Å². The molecule has 0 spiro atoms. The summed E-state index contributed by atoms with van der Waals surface area (Å²) in [5.41, 5.74) is 1.41. The van der Waals surface area contributed by atoms with E-state index >= 15 is 0 Å². The first-order valence-electron chi connectivity index (χ1n) is 13.0. The lowest BCUT2D eigenvalue weighted by Crippen LogP contribution is -2.14. The summed E-state index contributed by atoms with van der Waals surface area (Å²) in [6.07, 6.45) is 33.1. The molecule has 0 saturated carbocycles. The van der Waals surface area contributed by atoms with Gasteiger partial charge in [0.15, 0.2) is 5.65 Å². The Morgan fingerprint density at radius 3 is 2.17 bits per heavy atom. The van der Waals surface area contributed by atoms with Crippen LogP contribution in [0.4, 0.5) is 5.95 Å². The number of nitrogens with zero attached hydrogens (tertiary/aromatic N) is 4. The third-order valence-electron chi connectivity index (χ3n) is 5.32. The van der Waals surface area contributed by atoms with Crippen molar-refractivity contribution in [3.8, 4) is 0 Å². The van der Waals surface area contributed by atoms with E-state index < -0.39 is 0 Å². The molecular formula is C30H41N5O. The summed E-state index contributed by atoms with van der Waals surface area (Å²) in [6, 6.07) is 0. The second-order valence-electron chi connectivity index (χ2n) is 8.64. The summed E-state index contributed by atoms with van der Waals surface area (Å²) in [5.74, 6) is 0.333. The Morgan fingerprint density at radius 1 is 0.944 bits per heavy atom. The van der Waals surface area contributed by atoms with Crippen LogP contribution in [0.25, 0.3) is 11.2 Å². The Bertz CT molecular complexity index is 1040. The van der Waals surface area contributed by atoms with Crippen LogP contribution in [0.1, 0.15) is 64.7 Å². The van der Waals surface area contributed by atoms with Gasteiger partial charge in [-0.2, -0.15) is 4.98 Å². The van der Waals surface area contributed by atoms with Crippen LogP contribution in [0.2, 0.25) is 0 Å². The maximum absolute atomic E-state index is 12.3. The van der Waals surface area contributed by atoms with Gasteiger partial charge < -0.3 is 4.57 Å². The molecule has 1 N–H and O–H groups in total. The predicted octanol–water partition coefficient (Wildman–Crippen LogP) is 7.36. The lowest BCUT2D eigenvalue weighted by Gasteiger charge is -2.07. The highest BCUT2D eigenvalue weighted by Gasteiger charge is 2.09. The molecule has 0 atom stereocenters. The Morgan fingerprint density at radius 2 is 1.56 bits per heavy atom. The monoisotopic (exact) mass is 487 g/mol. The molecule has 0 aliphatic heterocycles. The van der Waals surface area contributed by atoms with Gasteiger partial charge in [0.05, 0.1) is 12.5 Å². The number of carbonyl (C=O) groups excluding carboxylic acids is 1. The van der Waals surface area contributed by atoms with Crippen LogP contribution in [-0.4, -0.2) is 25.4 Å². The highest BCUT2D eigenvalue weighted by Crippen LogP contribution is 2.13. The molecule has 2 radical (unpaired) electrons. The number of amides is 1. The summed E-state index contributed by atoms with van der Waals surface area (Å²) in [6.45, 7) is 10.7. The second kappa shape index (κ2) is 18.1. The van der Waals surface area contributed by atoms with Gasteiger partial charge in [0.2, 0.25) is 11.9 Å². The summed E-state index contributed by atoms with van der Waals surface area (Å²) in [7, 11) is 0. The number of fused-ring (bicyclic) bond motifs is 1. The number of hydrogen-bond donors (Lipinski definition) is 1. The largest absolute Gasteiger partial charge is 0.315 e. The van der Waals surface area contributed by atoms with Gasteiger partial charge in [0.1, 0.15) is 5.52 Å². The van der Waals surface area contributed by atoms with Crippen molar-refractivity contribution in [2.75, 3.05) is 5.32 Å². The minimum absolute atomic E-state index is 0.0802. The van der Waals surface area contributed by atoms with Crippen LogP contribution < -0.4 is 5.32 Å². The van der Waals surface area contributed by atoms with E-state index in [1.54, 1.807) is 12.5 Å². The Balaban J connectivity index is 1.58. The fraction of sp³-hybridized carbons (Fsp3) is 0.400. The van der Waals surface area contributed by atoms with E-state index in [1.807, 2.05) is 4.57 Å². The molecule has 0 aliphatic rings. The molecule has 6 heteroatoms. The van der Waals surface area contributed by atoms with Gasteiger partial charge >= 0.3 is 0 Å². The van der Waals surface area contributed by atoms with Crippen molar-refractivity contribution in [2.45, 2.75) is 71.3 Å². The third-order valence-corrected chi connectivity index (χ3v) is 5.32. The molecule has 192 valence electrons. The SMILES string of the molecule is [CH2]C([CH2])CCn1cnc2cnc(NC(=O)CCC/C=C\C/C=C\C/C=C\C/C=C\C/C=C\CC)nc21. The maximum atomic E-state index is 12.3. The minimum Gasteiger partial charge on any atom is -0.315 e. The highest BCUT2D eigenvalue weighted by molar-refractivity contribution is 5.89. The van der Waals surface area contributed by atoms with Gasteiger partial charge in [-0.25, -0.2) is 9.97 Å². The maximum Gasteiger partial charge on any atom is 0.231 e. The number of imidazole rings is 1. The molecule has 0 aromatic carbocycles. The van der Waals surface area contributed by atoms with Crippen molar-refractivity contribution in [1.82, 2.24) is 19.5 Å². The Labute approximate surface area is 217 Å². The van der Waals surface area contributed by atoms with E-state index in [4.69, 9.17) is 0 Å². The number of anilines is 1. The molecule has 2 heterocycles.